The van der Waals surface area contributed by atoms with Crippen LogP contribution in [0.25, 0.3) is 11.0 Å². The van der Waals surface area contributed by atoms with E-state index in [2.05, 4.69) is 46.9 Å². The molecule has 0 radical (unpaired) electrons. The predicted molar refractivity (Wildman–Crippen MR) is 155 cm³/mol. The molecule has 0 bridgehead atoms. The highest BCUT2D eigenvalue weighted by molar-refractivity contribution is 6.76. The summed E-state index contributed by atoms with van der Waals surface area (Å²) in [5, 5.41) is 7.72. The number of halogens is 3. The molecule has 10 nitrogen and oxygen atoms in total. The van der Waals surface area contributed by atoms with Gasteiger partial charge in [0.05, 0.1) is 23.6 Å². The number of urea groups is 1. The van der Waals surface area contributed by atoms with Crippen molar-refractivity contribution in [3.63, 3.8) is 0 Å². The molecule has 2 amide bonds. The van der Waals surface area contributed by atoms with Crippen molar-refractivity contribution in [1.29, 1.82) is 0 Å². The number of anilines is 2. The fraction of sp³-hybridized carbons (Fsp3) is 0.556. The van der Waals surface area contributed by atoms with Gasteiger partial charge in [-0.3, -0.25) is 4.79 Å². The minimum Gasteiger partial charge on any atom is -0.367 e. The van der Waals surface area contributed by atoms with Gasteiger partial charge in [-0.05, 0) is 37.9 Å². The molecule has 0 saturated carbocycles. The molecule has 0 unspecified atom stereocenters. The SMILES string of the molecule is C[C@H]1C[C@@H](N(C)C(=O)Nc2cc(C(F)(F)F)cn(C)c2=O)CCN1c1cnc2c(cnn2COCC[Si](C)(C)C)c1. The Morgan fingerprint density at radius 1 is 1.24 bits per heavy atom. The topological polar surface area (TPSA) is 97.5 Å². The number of rotatable bonds is 8. The molecular weight excluding hydrogens is 555 g/mol. The van der Waals surface area contributed by atoms with Gasteiger partial charge in [0.15, 0.2) is 5.65 Å². The van der Waals surface area contributed by atoms with Gasteiger partial charge < -0.3 is 24.4 Å². The maximum atomic E-state index is 13.2. The summed E-state index contributed by atoms with van der Waals surface area (Å²) < 4.78 is 48.0. The van der Waals surface area contributed by atoms with Crippen molar-refractivity contribution in [2.45, 2.75) is 70.4 Å². The van der Waals surface area contributed by atoms with Crippen LogP contribution in [0.5, 0.6) is 0 Å². The quantitative estimate of drug-likeness (QED) is 0.292. The Labute approximate surface area is 238 Å². The molecule has 0 aliphatic carbocycles. The summed E-state index contributed by atoms with van der Waals surface area (Å²) >= 11 is 0. The minimum absolute atomic E-state index is 0.0598. The van der Waals surface area contributed by atoms with Crippen molar-refractivity contribution in [1.82, 2.24) is 24.2 Å². The Morgan fingerprint density at radius 2 is 1.98 bits per heavy atom. The standard InChI is InChI=1S/C27H38F3N7O3Si/c1-18-11-21(35(3)26(39)33-23-13-20(27(28,29)30)16-34(2)25(23)38)7-8-36(18)22-12-19-14-32-37(24(19)31-15-22)17-40-9-10-41(4,5)6/h12-16,18,21H,7-11,17H2,1-6H3,(H,33,39)/t18-,21-/m0/s1. The van der Waals surface area contributed by atoms with Gasteiger partial charge in [0, 0.05) is 59.0 Å². The summed E-state index contributed by atoms with van der Waals surface area (Å²) in [6.07, 6.45) is 0.931. The molecule has 1 fully saturated rings. The Bertz CT molecular complexity index is 1450. The fourth-order valence-electron chi connectivity index (χ4n) is 4.95. The molecule has 14 heteroatoms. The van der Waals surface area contributed by atoms with E-state index in [0.717, 1.165) is 27.3 Å². The van der Waals surface area contributed by atoms with E-state index in [-0.39, 0.29) is 12.1 Å². The summed E-state index contributed by atoms with van der Waals surface area (Å²) in [7, 11) is 1.64. The van der Waals surface area contributed by atoms with Crippen molar-refractivity contribution in [2.24, 2.45) is 7.05 Å². The fourth-order valence-corrected chi connectivity index (χ4v) is 5.71. The van der Waals surface area contributed by atoms with Gasteiger partial charge in [0.1, 0.15) is 12.4 Å². The second kappa shape index (κ2) is 11.8. The van der Waals surface area contributed by atoms with E-state index in [4.69, 9.17) is 4.74 Å². The van der Waals surface area contributed by atoms with Gasteiger partial charge in [-0.15, -0.1) is 0 Å². The molecule has 1 aliphatic heterocycles. The number of pyridine rings is 2. The maximum Gasteiger partial charge on any atom is 0.417 e. The van der Waals surface area contributed by atoms with Crippen molar-refractivity contribution >= 4 is 36.5 Å². The van der Waals surface area contributed by atoms with Crippen LogP contribution in [0.2, 0.25) is 25.7 Å². The summed E-state index contributed by atoms with van der Waals surface area (Å²) in [6.45, 7) is 10.7. The molecule has 1 aliphatic rings. The lowest BCUT2D eigenvalue weighted by Crippen LogP contribution is -2.50. The molecule has 4 rings (SSSR count). The molecule has 1 saturated heterocycles. The zero-order valence-corrected chi connectivity index (χ0v) is 25.3. The Hall–Kier alpha value is -3.39. The number of nitrogens with one attached hydrogen (secondary N) is 1. The first-order valence-corrected chi connectivity index (χ1v) is 17.3. The molecular formula is C27H38F3N7O3Si. The van der Waals surface area contributed by atoms with E-state index in [1.165, 1.54) is 11.9 Å². The number of aryl methyl sites for hydroxylation is 1. The van der Waals surface area contributed by atoms with Gasteiger partial charge in [0.2, 0.25) is 0 Å². The van der Waals surface area contributed by atoms with Crippen molar-refractivity contribution in [2.75, 3.05) is 30.4 Å². The van der Waals surface area contributed by atoms with Crippen LogP contribution in [-0.4, -0.2) is 70.6 Å². The number of hydrogen-bond acceptors (Lipinski definition) is 6. The first kappa shape index (κ1) is 30.6. The smallest absolute Gasteiger partial charge is 0.367 e. The van der Waals surface area contributed by atoms with Crippen LogP contribution in [0.4, 0.5) is 29.3 Å². The lowest BCUT2D eigenvalue weighted by Gasteiger charge is -2.42. The highest BCUT2D eigenvalue weighted by atomic mass is 28.3. The number of fused-ring (bicyclic) bond motifs is 1. The Morgan fingerprint density at radius 3 is 2.63 bits per heavy atom. The number of aromatic nitrogens is 4. The number of ether oxygens (including phenoxy) is 1. The zero-order valence-electron chi connectivity index (χ0n) is 24.3. The van der Waals surface area contributed by atoms with Crippen LogP contribution >= 0.6 is 0 Å². The van der Waals surface area contributed by atoms with Crippen LogP contribution < -0.4 is 15.8 Å². The van der Waals surface area contributed by atoms with E-state index < -0.39 is 37.1 Å². The third-order valence-corrected chi connectivity index (χ3v) is 9.18. The first-order chi connectivity index (χ1) is 19.1. The zero-order chi connectivity index (χ0) is 30.1. The molecule has 2 atom stereocenters. The Balaban J connectivity index is 1.38. The third kappa shape index (κ3) is 7.28. The molecule has 3 aromatic heterocycles. The number of carbonyl (C=O) groups is 1. The van der Waals surface area contributed by atoms with Gasteiger partial charge in [0.25, 0.3) is 5.56 Å². The summed E-state index contributed by atoms with van der Waals surface area (Å²) in [6, 6.07) is 3.07. The first-order valence-electron chi connectivity index (χ1n) is 13.6. The molecule has 4 heterocycles. The van der Waals surface area contributed by atoms with Gasteiger partial charge >= 0.3 is 12.2 Å². The monoisotopic (exact) mass is 593 g/mol. The molecule has 0 spiro atoms. The molecule has 1 N–H and O–H groups in total. The Kier molecular flexibility index (Phi) is 8.83. The predicted octanol–water partition coefficient (Wildman–Crippen LogP) is 4.98. The van der Waals surface area contributed by atoms with E-state index >= 15 is 0 Å². The summed E-state index contributed by atoms with van der Waals surface area (Å²) in [5.74, 6) is 0. The summed E-state index contributed by atoms with van der Waals surface area (Å²) in [5.41, 5.74) is -0.438. The minimum atomic E-state index is -4.64. The molecule has 224 valence electrons. The van der Waals surface area contributed by atoms with Crippen molar-refractivity contribution in [3.8, 4) is 0 Å². The van der Waals surface area contributed by atoms with Crippen LogP contribution in [0, 0.1) is 0 Å². The third-order valence-electron chi connectivity index (χ3n) is 7.47. The van der Waals surface area contributed by atoms with Crippen molar-refractivity contribution < 1.29 is 22.7 Å². The van der Waals surface area contributed by atoms with Gasteiger partial charge in [-0.25, -0.2) is 14.5 Å². The number of alkyl halides is 3. The van der Waals surface area contributed by atoms with Gasteiger partial charge in [-0.1, -0.05) is 19.6 Å². The lowest BCUT2D eigenvalue weighted by atomic mass is 9.96. The van der Waals surface area contributed by atoms with E-state index in [1.54, 1.807) is 17.9 Å². The second-order valence-electron chi connectivity index (χ2n) is 11.9. The highest BCUT2D eigenvalue weighted by Gasteiger charge is 2.33. The van der Waals surface area contributed by atoms with Crippen LogP contribution in [-0.2, 0) is 24.7 Å². The average Bonchev–Trinajstić information content (AvgIpc) is 3.29. The molecule has 0 aromatic carbocycles. The average molecular weight is 594 g/mol. The number of amides is 2. The second-order valence-corrected chi connectivity index (χ2v) is 17.5. The van der Waals surface area contributed by atoms with Gasteiger partial charge in [-0.2, -0.15) is 18.3 Å². The number of piperidine rings is 1. The number of carbonyl (C=O) groups excluding carboxylic acids is 1. The largest absolute Gasteiger partial charge is 0.417 e. The highest BCUT2D eigenvalue weighted by Crippen LogP contribution is 2.31. The maximum absolute atomic E-state index is 13.2. The van der Waals surface area contributed by atoms with Crippen LogP contribution in [0.3, 0.4) is 0 Å². The van der Waals surface area contributed by atoms with Crippen LogP contribution in [0.15, 0.2) is 35.5 Å². The van der Waals surface area contributed by atoms with Crippen molar-refractivity contribution in [3.05, 3.63) is 46.6 Å². The van der Waals surface area contributed by atoms with Crippen LogP contribution in [0.1, 0.15) is 25.3 Å². The normalized spacial score (nSPS) is 18.1. The van der Waals surface area contributed by atoms with E-state index in [9.17, 15) is 22.8 Å². The number of hydrogen-bond donors (Lipinski definition) is 1. The van der Waals surface area contributed by atoms with E-state index in [0.29, 0.717) is 45.0 Å². The molecule has 41 heavy (non-hydrogen) atoms. The molecule has 3 aromatic rings. The lowest BCUT2D eigenvalue weighted by molar-refractivity contribution is -0.138. The van der Waals surface area contributed by atoms with E-state index in [1.807, 2.05) is 12.3 Å². The summed E-state index contributed by atoms with van der Waals surface area (Å²) in [4.78, 5) is 33.6. The number of nitrogens with zero attached hydrogens (tertiary/aromatic N) is 6.